The Labute approximate surface area is 238 Å². The summed E-state index contributed by atoms with van der Waals surface area (Å²) in [4.78, 5) is 29.8. The van der Waals surface area contributed by atoms with E-state index in [4.69, 9.17) is 4.74 Å². The number of esters is 1. The first-order valence-electron chi connectivity index (χ1n) is 15.2. The summed E-state index contributed by atoms with van der Waals surface area (Å²) in [6.45, 7) is 0.184. The molecule has 2 fully saturated rings. The molecular weight excluding hydrogens is 528 g/mol. The van der Waals surface area contributed by atoms with E-state index in [-0.39, 0.29) is 24.9 Å². The molecule has 1 aromatic carbocycles. The number of aromatic nitrogens is 2. The summed E-state index contributed by atoms with van der Waals surface area (Å²) in [5.74, 6) is -1.75. The maximum atomic E-state index is 13.9. The number of carbonyl (C=O) groups excluding carboxylic acids is 1. The minimum atomic E-state index is -4.16. The third kappa shape index (κ3) is 7.95. The lowest BCUT2D eigenvalue weighted by Gasteiger charge is -2.23. The Hall–Kier alpha value is -2.68. The van der Waals surface area contributed by atoms with Gasteiger partial charge in [0, 0.05) is 6.54 Å². The molecular formula is C31H44N2O6S. The minimum Gasteiger partial charge on any atom is -0.493 e. The fourth-order valence-electron chi connectivity index (χ4n) is 6.12. The molecule has 2 aliphatic rings. The van der Waals surface area contributed by atoms with Crippen LogP contribution >= 0.6 is 0 Å². The highest BCUT2D eigenvalue weighted by atomic mass is 32.2. The number of carbonyl (C=O) groups is 1. The standard InChI is InChI=1S/C31H44N2O6S/c34-29-27(40(37,38)26-20-14-7-3-4-8-15-21-26)30(35)33(22-24-16-10-5-1-2-6-11-17-24)28(32-29)31(36)39-23-25-18-12-9-13-19-25/h9,12-13,18-19,24,26,35H,1-8,10-11,14-17,20-23H2. The fraction of sp³-hybridized carbons (Fsp3) is 0.645. The van der Waals surface area contributed by atoms with E-state index in [0.29, 0.717) is 12.8 Å². The number of benzene rings is 1. The molecule has 8 nitrogen and oxygen atoms in total. The molecule has 1 aromatic heterocycles. The first-order chi connectivity index (χ1) is 19.4. The Kier molecular flexibility index (Phi) is 11.2. The fourth-order valence-corrected chi connectivity index (χ4v) is 8.06. The van der Waals surface area contributed by atoms with E-state index in [9.17, 15) is 23.1 Å². The van der Waals surface area contributed by atoms with Crippen LogP contribution in [-0.2, 0) is 27.7 Å². The van der Waals surface area contributed by atoms with E-state index >= 15 is 0 Å². The Morgan fingerprint density at radius 1 is 0.850 bits per heavy atom. The van der Waals surface area contributed by atoms with Crippen molar-refractivity contribution >= 4 is 15.8 Å². The van der Waals surface area contributed by atoms with Gasteiger partial charge in [-0.3, -0.25) is 9.36 Å². The topological polar surface area (TPSA) is 116 Å². The van der Waals surface area contributed by atoms with Gasteiger partial charge in [-0.25, -0.2) is 13.2 Å². The highest BCUT2D eigenvalue weighted by Gasteiger charge is 2.36. The first kappa shape index (κ1) is 30.3. The normalized spacial score (nSPS) is 18.9. The van der Waals surface area contributed by atoms with E-state index in [1.807, 2.05) is 30.3 Å². The largest absolute Gasteiger partial charge is 0.493 e. The number of nitrogens with zero attached hydrogens (tertiary/aromatic N) is 2. The van der Waals surface area contributed by atoms with Crippen LogP contribution in [-0.4, -0.2) is 34.3 Å². The van der Waals surface area contributed by atoms with Gasteiger partial charge in [0.25, 0.3) is 5.56 Å². The number of sulfone groups is 1. The summed E-state index contributed by atoms with van der Waals surface area (Å²) in [6, 6.07) is 9.15. The van der Waals surface area contributed by atoms with Crippen molar-refractivity contribution in [2.24, 2.45) is 5.92 Å². The van der Waals surface area contributed by atoms with Crippen LogP contribution in [0.4, 0.5) is 0 Å². The lowest BCUT2D eigenvalue weighted by atomic mass is 9.96. The molecule has 2 aromatic rings. The van der Waals surface area contributed by atoms with Crippen molar-refractivity contribution in [2.75, 3.05) is 0 Å². The average Bonchev–Trinajstić information content (AvgIpc) is 3.17. The van der Waals surface area contributed by atoms with E-state index in [2.05, 4.69) is 4.98 Å². The molecule has 0 radical (unpaired) electrons. The molecule has 9 heteroatoms. The second kappa shape index (κ2) is 14.8. The molecule has 220 valence electrons. The Bertz CT molecular complexity index is 1250. The molecule has 40 heavy (non-hydrogen) atoms. The van der Waals surface area contributed by atoms with Gasteiger partial charge in [0.15, 0.2) is 14.7 Å². The van der Waals surface area contributed by atoms with Crippen LogP contribution in [0, 0.1) is 5.92 Å². The Balaban J connectivity index is 1.70. The second-order valence-electron chi connectivity index (χ2n) is 11.5. The predicted molar refractivity (Wildman–Crippen MR) is 154 cm³/mol. The van der Waals surface area contributed by atoms with Crippen molar-refractivity contribution in [2.45, 2.75) is 126 Å². The first-order valence-corrected chi connectivity index (χ1v) is 16.7. The summed E-state index contributed by atoms with van der Waals surface area (Å²) in [6.07, 6.45) is 15.0. The van der Waals surface area contributed by atoms with Crippen LogP contribution in [0.5, 0.6) is 5.88 Å². The maximum Gasteiger partial charge on any atom is 0.375 e. The quantitative estimate of drug-likeness (QED) is 0.385. The van der Waals surface area contributed by atoms with Crippen LogP contribution in [0.2, 0.25) is 0 Å². The van der Waals surface area contributed by atoms with Crippen LogP contribution in [0.1, 0.15) is 119 Å². The van der Waals surface area contributed by atoms with Crippen molar-refractivity contribution < 1.29 is 23.1 Å². The number of aromatic hydroxyl groups is 1. The van der Waals surface area contributed by atoms with Gasteiger partial charge in [0.05, 0.1) is 5.25 Å². The summed E-state index contributed by atoms with van der Waals surface area (Å²) >= 11 is 0. The Morgan fingerprint density at radius 2 is 1.38 bits per heavy atom. The third-order valence-corrected chi connectivity index (χ3v) is 10.7. The summed E-state index contributed by atoms with van der Waals surface area (Å²) in [5, 5.41) is 10.7. The van der Waals surface area contributed by atoms with Crippen LogP contribution < -0.4 is 5.56 Å². The molecule has 0 aliphatic heterocycles. The van der Waals surface area contributed by atoms with Crippen LogP contribution in [0.15, 0.2) is 40.0 Å². The SMILES string of the molecule is O=C(OCc1ccccc1)c1nc(=O)c(S(=O)(=O)C2CCCCCCCC2)c(O)n1CC1CCCCCCCC1. The molecule has 4 rings (SSSR count). The van der Waals surface area contributed by atoms with E-state index < -0.39 is 37.4 Å². The number of hydrogen-bond acceptors (Lipinski definition) is 7. The predicted octanol–water partition coefficient (Wildman–Crippen LogP) is 6.33. The van der Waals surface area contributed by atoms with E-state index in [0.717, 1.165) is 82.6 Å². The highest BCUT2D eigenvalue weighted by molar-refractivity contribution is 7.92. The lowest BCUT2D eigenvalue weighted by Crippen LogP contribution is -2.33. The monoisotopic (exact) mass is 572 g/mol. The smallest absolute Gasteiger partial charge is 0.375 e. The summed E-state index contributed by atoms with van der Waals surface area (Å²) in [5.41, 5.74) is -0.320. The minimum absolute atomic E-state index is 0.0259. The number of hydrogen-bond donors (Lipinski definition) is 1. The van der Waals surface area contributed by atoms with Crippen molar-refractivity contribution in [3.05, 3.63) is 52.1 Å². The van der Waals surface area contributed by atoms with Gasteiger partial charge in [-0.2, -0.15) is 4.98 Å². The lowest BCUT2D eigenvalue weighted by molar-refractivity contribution is 0.0444. The number of rotatable bonds is 7. The van der Waals surface area contributed by atoms with Gasteiger partial charge >= 0.3 is 5.97 Å². The molecule has 0 unspecified atom stereocenters. The zero-order valence-electron chi connectivity index (χ0n) is 23.6. The van der Waals surface area contributed by atoms with Crippen molar-refractivity contribution in [1.82, 2.24) is 9.55 Å². The van der Waals surface area contributed by atoms with E-state index in [1.165, 1.54) is 17.4 Å². The van der Waals surface area contributed by atoms with Gasteiger partial charge in [-0.15, -0.1) is 0 Å². The number of ether oxygens (including phenoxy) is 1. The van der Waals surface area contributed by atoms with Gasteiger partial charge in [0.1, 0.15) is 6.61 Å². The van der Waals surface area contributed by atoms with E-state index in [1.54, 1.807) is 0 Å². The van der Waals surface area contributed by atoms with Crippen molar-refractivity contribution in [3.63, 3.8) is 0 Å². The zero-order valence-corrected chi connectivity index (χ0v) is 24.4. The molecule has 0 amide bonds. The third-order valence-electron chi connectivity index (χ3n) is 8.45. The van der Waals surface area contributed by atoms with Crippen molar-refractivity contribution in [3.8, 4) is 5.88 Å². The highest BCUT2D eigenvalue weighted by Crippen LogP contribution is 2.32. The van der Waals surface area contributed by atoms with Gasteiger partial charge in [-0.05, 0) is 37.2 Å². The molecule has 1 N–H and O–H groups in total. The maximum absolute atomic E-state index is 13.9. The molecule has 2 saturated carbocycles. The summed E-state index contributed by atoms with van der Waals surface area (Å²) < 4.78 is 34.5. The van der Waals surface area contributed by atoms with Gasteiger partial charge in [0.2, 0.25) is 11.7 Å². The zero-order chi connectivity index (χ0) is 28.4. The molecule has 0 spiro atoms. The van der Waals surface area contributed by atoms with Crippen LogP contribution in [0.3, 0.4) is 0 Å². The van der Waals surface area contributed by atoms with Crippen LogP contribution in [0.25, 0.3) is 0 Å². The second-order valence-corrected chi connectivity index (χ2v) is 13.7. The van der Waals surface area contributed by atoms with Gasteiger partial charge < -0.3 is 9.84 Å². The average molecular weight is 573 g/mol. The molecule has 0 bridgehead atoms. The van der Waals surface area contributed by atoms with Crippen molar-refractivity contribution in [1.29, 1.82) is 0 Å². The molecule has 1 heterocycles. The Morgan fingerprint density at radius 3 is 1.95 bits per heavy atom. The molecule has 0 saturated heterocycles. The summed E-state index contributed by atoms with van der Waals surface area (Å²) in [7, 11) is -4.16. The van der Waals surface area contributed by atoms with Gasteiger partial charge in [-0.1, -0.05) is 107 Å². The molecule has 2 aliphatic carbocycles. The molecule has 0 atom stereocenters.